The molecular formula is C7H13N3O2S. The van der Waals surface area contributed by atoms with E-state index in [9.17, 15) is 0 Å². The largest absolute Gasteiger partial charge is 0.363 e. The highest BCUT2D eigenvalue weighted by molar-refractivity contribution is 7.80. The van der Waals surface area contributed by atoms with Crippen LogP contribution in [0.25, 0.3) is 0 Å². The van der Waals surface area contributed by atoms with Crippen LogP contribution in [0, 0.1) is 0 Å². The fourth-order valence-electron chi connectivity index (χ4n) is 1.28. The Hall–Kier alpha value is -0.430. The van der Waals surface area contributed by atoms with Gasteiger partial charge in [-0.2, -0.15) is 5.01 Å². The summed E-state index contributed by atoms with van der Waals surface area (Å²) < 4.78 is 10.4. The van der Waals surface area contributed by atoms with Crippen LogP contribution < -0.4 is 5.43 Å². The lowest BCUT2D eigenvalue weighted by Crippen LogP contribution is -2.47. The Kier molecular flexibility index (Phi) is 2.94. The van der Waals surface area contributed by atoms with Crippen LogP contribution in [0.4, 0.5) is 0 Å². The number of hydrazine groups is 1. The van der Waals surface area contributed by atoms with Crippen molar-refractivity contribution in [3.63, 3.8) is 0 Å². The van der Waals surface area contributed by atoms with Crippen molar-refractivity contribution < 1.29 is 9.47 Å². The molecule has 0 amide bonds. The average molecular weight is 203 g/mol. The van der Waals surface area contributed by atoms with Gasteiger partial charge in [0.1, 0.15) is 13.5 Å². The third kappa shape index (κ3) is 2.28. The lowest BCUT2D eigenvalue weighted by Gasteiger charge is -2.22. The van der Waals surface area contributed by atoms with E-state index in [4.69, 9.17) is 21.7 Å². The van der Waals surface area contributed by atoms with E-state index in [0.29, 0.717) is 13.5 Å². The zero-order valence-electron chi connectivity index (χ0n) is 7.36. The van der Waals surface area contributed by atoms with Crippen LogP contribution in [0.2, 0.25) is 0 Å². The Morgan fingerprint density at radius 1 is 1.15 bits per heavy atom. The number of hydrogen-bond acceptors (Lipinski definition) is 4. The smallest absolute Gasteiger partial charge is 0.185 e. The van der Waals surface area contributed by atoms with E-state index < -0.39 is 0 Å². The van der Waals surface area contributed by atoms with E-state index in [1.165, 1.54) is 0 Å². The molecule has 74 valence electrons. The monoisotopic (exact) mass is 203 g/mol. The Morgan fingerprint density at radius 2 is 1.92 bits per heavy atom. The van der Waals surface area contributed by atoms with Crippen molar-refractivity contribution in [2.24, 2.45) is 0 Å². The fraction of sp³-hybridized carbons (Fsp3) is 0.857. The molecule has 13 heavy (non-hydrogen) atoms. The van der Waals surface area contributed by atoms with Crippen LogP contribution in [0.5, 0.6) is 0 Å². The number of rotatable bonds is 1. The molecular weight excluding hydrogens is 190 g/mol. The minimum absolute atomic E-state index is 0.598. The summed E-state index contributed by atoms with van der Waals surface area (Å²) >= 11 is 5.19. The number of nitrogens with zero attached hydrogens (tertiary/aromatic N) is 2. The molecule has 2 fully saturated rings. The van der Waals surface area contributed by atoms with Gasteiger partial charge in [0.2, 0.25) is 0 Å². The van der Waals surface area contributed by atoms with Gasteiger partial charge in [0, 0.05) is 13.1 Å². The van der Waals surface area contributed by atoms with Crippen molar-refractivity contribution in [3.8, 4) is 0 Å². The third-order valence-electron chi connectivity index (χ3n) is 2.05. The summed E-state index contributed by atoms with van der Waals surface area (Å²) in [7, 11) is 0. The molecule has 1 N–H and O–H groups in total. The molecule has 2 saturated heterocycles. The lowest BCUT2D eigenvalue weighted by molar-refractivity contribution is 0.121. The Labute approximate surface area is 82.5 Å². The maximum absolute atomic E-state index is 5.19. The Morgan fingerprint density at radius 3 is 2.54 bits per heavy atom. The van der Waals surface area contributed by atoms with Crippen LogP contribution in [-0.4, -0.2) is 54.8 Å². The second-order valence-electron chi connectivity index (χ2n) is 3.02. The zero-order chi connectivity index (χ0) is 9.10. The maximum Gasteiger partial charge on any atom is 0.185 e. The summed E-state index contributed by atoms with van der Waals surface area (Å²) in [6.07, 6.45) is 0. The SMILES string of the molecule is S=C(NN1CCOC1)N1CCOC1. The molecule has 0 unspecified atom stereocenters. The normalized spacial score (nSPS) is 23.8. The van der Waals surface area contributed by atoms with Crippen molar-refractivity contribution in [3.05, 3.63) is 0 Å². The maximum atomic E-state index is 5.19. The van der Waals surface area contributed by atoms with E-state index in [2.05, 4.69) is 5.43 Å². The van der Waals surface area contributed by atoms with E-state index in [-0.39, 0.29) is 0 Å². The molecule has 2 aliphatic heterocycles. The first-order valence-electron chi connectivity index (χ1n) is 4.32. The van der Waals surface area contributed by atoms with Gasteiger partial charge in [-0.3, -0.25) is 5.43 Å². The number of thiocarbonyl (C=S) groups is 1. The molecule has 0 radical (unpaired) electrons. The molecule has 0 aromatic rings. The summed E-state index contributed by atoms with van der Waals surface area (Å²) in [4.78, 5) is 1.99. The van der Waals surface area contributed by atoms with Crippen molar-refractivity contribution in [2.75, 3.05) is 39.8 Å². The molecule has 2 rings (SSSR count). The molecule has 0 aromatic heterocycles. The highest BCUT2D eigenvalue weighted by Gasteiger charge is 2.18. The molecule has 6 heteroatoms. The first kappa shape index (κ1) is 9.14. The van der Waals surface area contributed by atoms with Crippen LogP contribution in [0.15, 0.2) is 0 Å². The quantitative estimate of drug-likeness (QED) is 0.571. The van der Waals surface area contributed by atoms with Crippen molar-refractivity contribution in [1.29, 1.82) is 0 Å². The Bertz CT molecular complexity index is 190. The van der Waals surface area contributed by atoms with E-state index in [1.54, 1.807) is 0 Å². The summed E-state index contributed by atoms with van der Waals surface area (Å²) in [5.74, 6) is 0. The highest BCUT2D eigenvalue weighted by Crippen LogP contribution is 2.01. The summed E-state index contributed by atoms with van der Waals surface area (Å²) in [5.41, 5.74) is 3.11. The van der Waals surface area contributed by atoms with Crippen LogP contribution in [0.3, 0.4) is 0 Å². The van der Waals surface area contributed by atoms with Gasteiger partial charge < -0.3 is 14.4 Å². The molecule has 2 aliphatic rings. The highest BCUT2D eigenvalue weighted by atomic mass is 32.1. The van der Waals surface area contributed by atoms with E-state index in [1.807, 2.05) is 9.91 Å². The first-order chi connectivity index (χ1) is 6.36. The minimum atomic E-state index is 0.598. The first-order valence-corrected chi connectivity index (χ1v) is 4.73. The molecule has 0 atom stereocenters. The second kappa shape index (κ2) is 4.19. The number of nitrogens with one attached hydrogen (secondary N) is 1. The van der Waals surface area contributed by atoms with Gasteiger partial charge in [-0.1, -0.05) is 0 Å². The molecule has 0 aliphatic carbocycles. The van der Waals surface area contributed by atoms with Gasteiger partial charge in [0.25, 0.3) is 0 Å². The van der Waals surface area contributed by atoms with Gasteiger partial charge in [0.15, 0.2) is 5.11 Å². The molecule has 0 spiro atoms. The van der Waals surface area contributed by atoms with Gasteiger partial charge in [-0.15, -0.1) is 0 Å². The zero-order valence-corrected chi connectivity index (χ0v) is 8.18. The molecule has 5 nitrogen and oxygen atoms in total. The fourth-order valence-corrected chi connectivity index (χ4v) is 1.56. The predicted octanol–water partition coefficient (Wildman–Crippen LogP) is -0.645. The van der Waals surface area contributed by atoms with Gasteiger partial charge in [-0.25, -0.2) is 0 Å². The molecule has 0 bridgehead atoms. The third-order valence-corrected chi connectivity index (χ3v) is 2.40. The number of ether oxygens (including phenoxy) is 2. The van der Waals surface area contributed by atoms with Crippen LogP contribution >= 0.6 is 12.2 Å². The van der Waals surface area contributed by atoms with Crippen molar-refractivity contribution >= 4 is 17.3 Å². The molecule has 0 aromatic carbocycles. The van der Waals surface area contributed by atoms with Crippen molar-refractivity contribution in [2.45, 2.75) is 0 Å². The second-order valence-corrected chi connectivity index (χ2v) is 3.41. The predicted molar refractivity (Wildman–Crippen MR) is 50.8 cm³/mol. The van der Waals surface area contributed by atoms with Crippen molar-refractivity contribution in [1.82, 2.24) is 15.3 Å². The van der Waals surface area contributed by atoms with Gasteiger partial charge in [0.05, 0.1) is 13.2 Å². The minimum Gasteiger partial charge on any atom is -0.363 e. The topological polar surface area (TPSA) is 37.0 Å². The molecule has 0 saturated carbocycles. The van der Waals surface area contributed by atoms with Crippen LogP contribution in [-0.2, 0) is 9.47 Å². The summed E-state index contributed by atoms with van der Waals surface area (Å²) in [6.45, 7) is 4.50. The van der Waals surface area contributed by atoms with Gasteiger partial charge in [-0.05, 0) is 12.2 Å². The van der Waals surface area contributed by atoms with E-state index in [0.717, 1.165) is 31.4 Å². The van der Waals surface area contributed by atoms with Crippen LogP contribution in [0.1, 0.15) is 0 Å². The summed E-state index contributed by atoms with van der Waals surface area (Å²) in [6, 6.07) is 0. The average Bonchev–Trinajstić information content (AvgIpc) is 2.74. The Balaban J connectivity index is 1.76. The van der Waals surface area contributed by atoms with E-state index >= 15 is 0 Å². The standard InChI is InChI=1S/C7H13N3O2S/c13-7(9-1-3-11-5-9)8-10-2-4-12-6-10/h1-6H2,(H,8,13). The lowest BCUT2D eigenvalue weighted by atomic mass is 10.6. The number of hydrogen-bond donors (Lipinski definition) is 1. The van der Waals surface area contributed by atoms with Gasteiger partial charge >= 0.3 is 0 Å². The molecule has 2 heterocycles. The summed E-state index contributed by atoms with van der Waals surface area (Å²) in [5, 5.41) is 2.68.